The summed E-state index contributed by atoms with van der Waals surface area (Å²) in [4.78, 5) is 15.1. The minimum atomic E-state index is -0.898. The smallest absolute Gasteiger partial charge is 0.314 e. The van der Waals surface area contributed by atoms with Crippen molar-refractivity contribution in [1.29, 1.82) is 0 Å². The first kappa shape index (κ1) is 12.1. The van der Waals surface area contributed by atoms with E-state index in [4.69, 9.17) is 4.74 Å². The number of carboxylic acids is 1. The van der Waals surface area contributed by atoms with Crippen LogP contribution in [0.5, 0.6) is 5.75 Å². The molecule has 0 fully saturated rings. The van der Waals surface area contributed by atoms with E-state index < -0.39 is 11.9 Å². The van der Waals surface area contributed by atoms with Gasteiger partial charge in [-0.05, 0) is 17.7 Å². The number of nitrogens with zero attached hydrogens (tertiary/aromatic N) is 1. The van der Waals surface area contributed by atoms with Crippen LogP contribution < -0.4 is 4.74 Å². The van der Waals surface area contributed by atoms with Crippen molar-refractivity contribution in [2.75, 3.05) is 6.61 Å². The zero-order valence-electron chi connectivity index (χ0n) is 9.69. The molecule has 1 unspecified atom stereocenters. The fourth-order valence-electron chi connectivity index (χ4n) is 1.61. The van der Waals surface area contributed by atoms with Crippen LogP contribution in [0.3, 0.4) is 0 Å². The molecule has 0 saturated carbocycles. The molecule has 0 amide bonds. The Balaban J connectivity index is 2.06. The van der Waals surface area contributed by atoms with Gasteiger partial charge >= 0.3 is 5.97 Å². The molecule has 2 rings (SSSR count). The monoisotopic (exact) mass is 243 g/mol. The van der Waals surface area contributed by atoms with E-state index in [1.165, 1.54) is 0 Å². The molecule has 0 saturated heterocycles. The standard InChI is InChI=1S/C14H13NO3/c16-14(17)13(11-5-2-1-3-6-11)10-18-12-7-4-8-15-9-12/h1-9,13H,10H2,(H,16,17). The van der Waals surface area contributed by atoms with Gasteiger partial charge in [0.15, 0.2) is 0 Å². The van der Waals surface area contributed by atoms with Crippen LogP contribution in [0.25, 0.3) is 0 Å². The van der Waals surface area contributed by atoms with Crippen LogP contribution in [0, 0.1) is 0 Å². The molecular formula is C14H13NO3. The van der Waals surface area contributed by atoms with E-state index in [0.717, 1.165) is 5.56 Å². The highest BCUT2D eigenvalue weighted by Gasteiger charge is 2.20. The second-order valence-corrected chi connectivity index (χ2v) is 3.80. The number of ether oxygens (including phenoxy) is 1. The predicted molar refractivity (Wildman–Crippen MR) is 66.6 cm³/mol. The molecule has 0 aliphatic heterocycles. The molecule has 2 aromatic rings. The van der Waals surface area contributed by atoms with Crippen LogP contribution in [-0.4, -0.2) is 22.7 Å². The SMILES string of the molecule is O=C(O)C(COc1cccnc1)c1ccccc1. The zero-order valence-corrected chi connectivity index (χ0v) is 9.69. The van der Waals surface area contributed by atoms with E-state index in [-0.39, 0.29) is 6.61 Å². The van der Waals surface area contributed by atoms with Crippen molar-refractivity contribution in [3.63, 3.8) is 0 Å². The second kappa shape index (κ2) is 5.82. The lowest BCUT2D eigenvalue weighted by atomic mass is 10.0. The molecule has 1 aromatic carbocycles. The maximum atomic E-state index is 11.2. The molecule has 0 radical (unpaired) electrons. The number of rotatable bonds is 5. The molecule has 0 bridgehead atoms. The number of aliphatic carboxylic acids is 1. The fraction of sp³-hybridized carbons (Fsp3) is 0.143. The van der Waals surface area contributed by atoms with Gasteiger partial charge in [-0.15, -0.1) is 0 Å². The Kier molecular flexibility index (Phi) is 3.91. The van der Waals surface area contributed by atoms with Gasteiger partial charge in [-0.3, -0.25) is 9.78 Å². The van der Waals surface area contributed by atoms with E-state index in [0.29, 0.717) is 5.75 Å². The molecule has 0 aliphatic rings. The maximum Gasteiger partial charge on any atom is 0.314 e. The van der Waals surface area contributed by atoms with Crippen LogP contribution in [0.4, 0.5) is 0 Å². The van der Waals surface area contributed by atoms with Crippen molar-refractivity contribution >= 4 is 5.97 Å². The lowest BCUT2D eigenvalue weighted by molar-refractivity contribution is -0.139. The second-order valence-electron chi connectivity index (χ2n) is 3.80. The number of carbonyl (C=O) groups is 1. The number of hydrogen-bond donors (Lipinski definition) is 1. The summed E-state index contributed by atoms with van der Waals surface area (Å²) in [7, 11) is 0. The van der Waals surface area contributed by atoms with Gasteiger partial charge in [-0.25, -0.2) is 0 Å². The summed E-state index contributed by atoms with van der Waals surface area (Å²) in [6, 6.07) is 12.5. The Labute approximate surface area is 105 Å². The Bertz CT molecular complexity index is 499. The van der Waals surface area contributed by atoms with Crippen LogP contribution in [0.2, 0.25) is 0 Å². The third-order valence-corrected chi connectivity index (χ3v) is 2.55. The topological polar surface area (TPSA) is 59.4 Å². The molecule has 4 heteroatoms. The summed E-state index contributed by atoms with van der Waals surface area (Å²) in [5, 5.41) is 9.21. The van der Waals surface area contributed by atoms with Crippen molar-refractivity contribution in [3.05, 3.63) is 60.4 Å². The van der Waals surface area contributed by atoms with Crippen molar-refractivity contribution in [3.8, 4) is 5.75 Å². The van der Waals surface area contributed by atoms with Gasteiger partial charge < -0.3 is 9.84 Å². The minimum Gasteiger partial charge on any atom is -0.491 e. The highest BCUT2D eigenvalue weighted by atomic mass is 16.5. The number of carboxylic acid groups (broad SMARTS) is 1. The summed E-state index contributed by atoms with van der Waals surface area (Å²) in [6.45, 7) is 0.0883. The number of hydrogen-bond acceptors (Lipinski definition) is 3. The summed E-state index contributed by atoms with van der Waals surface area (Å²) >= 11 is 0. The molecule has 1 N–H and O–H groups in total. The molecule has 0 spiro atoms. The van der Waals surface area contributed by atoms with Gasteiger partial charge in [0.2, 0.25) is 0 Å². The minimum absolute atomic E-state index is 0.0883. The van der Waals surface area contributed by atoms with E-state index in [9.17, 15) is 9.90 Å². The number of benzene rings is 1. The summed E-state index contributed by atoms with van der Waals surface area (Å²) in [6.07, 6.45) is 3.20. The third kappa shape index (κ3) is 3.07. The van der Waals surface area contributed by atoms with E-state index in [1.54, 1.807) is 36.7 Å². The highest BCUT2D eigenvalue weighted by Crippen LogP contribution is 2.18. The zero-order chi connectivity index (χ0) is 12.8. The first-order valence-corrected chi connectivity index (χ1v) is 5.58. The Morgan fingerprint density at radius 2 is 2.00 bits per heavy atom. The predicted octanol–water partition coefficient (Wildman–Crippen LogP) is 2.33. The van der Waals surface area contributed by atoms with Crippen LogP contribution in [0.15, 0.2) is 54.9 Å². The van der Waals surface area contributed by atoms with Gasteiger partial charge in [0.25, 0.3) is 0 Å². The summed E-state index contributed by atoms with van der Waals surface area (Å²) in [5.41, 5.74) is 0.730. The maximum absolute atomic E-state index is 11.2. The van der Waals surface area contributed by atoms with Crippen molar-refractivity contribution in [1.82, 2.24) is 4.98 Å². The molecule has 4 nitrogen and oxygen atoms in total. The first-order valence-electron chi connectivity index (χ1n) is 5.58. The summed E-state index contributed by atoms with van der Waals surface area (Å²) in [5.74, 6) is -1.00. The molecule has 92 valence electrons. The van der Waals surface area contributed by atoms with Crippen LogP contribution in [-0.2, 0) is 4.79 Å². The Morgan fingerprint density at radius 1 is 1.22 bits per heavy atom. The normalized spacial score (nSPS) is 11.8. The molecule has 1 atom stereocenters. The van der Waals surface area contributed by atoms with Gasteiger partial charge in [-0.1, -0.05) is 30.3 Å². The van der Waals surface area contributed by atoms with Crippen LogP contribution >= 0.6 is 0 Å². The van der Waals surface area contributed by atoms with E-state index >= 15 is 0 Å². The Hall–Kier alpha value is -2.36. The number of pyridine rings is 1. The van der Waals surface area contributed by atoms with E-state index in [1.807, 2.05) is 18.2 Å². The van der Waals surface area contributed by atoms with Gasteiger partial charge in [0.05, 0.1) is 6.20 Å². The molecule has 1 heterocycles. The Morgan fingerprint density at radius 3 is 2.61 bits per heavy atom. The largest absolute Gasteiger partial charge is 0.491 e. The van der Waals surface area contributed by atoms with Crippen molar-refractivity contribution in [2.45, 2.75) is 5.92 Å². The van der Waals surface area contributed by atoms with Crippen molar-refractivity contribution < 1.29 is 14.6 Å². The molecule has 0 aliphatic carbocycles. The average Bonchev–Trinajstić information content (AvgIpc) is 2.41. The molecule has 1 aromatic heterocycles. The lowest BCUT2D eigenvalue weighted by Crippen LogP contribution is -2.19. The molecular weight excluding hydrogens is 230 g/mol. The quantitative estimate of drug-likeness (QED) is 0.875. The number of aromatic nitrogens is 1. The van der Waals surface area contributed by atoms with Gasteiger partial charge in [0.1, 0.15) is 18.3 Å². The fourth-order valence-corrected chi connectivity index (χ4v) is 1.61. The molecule has 18 heavy (non-hydrogen) atoms. The highest BCUT2D eigenvalue weighted by molar-refractivity contribution is 5.76. The first-order chi connectivity index (χ1) is 8.77. The van der Waals surface area contributed by atoms with Gasteiger partial charge in [0, 0.05) is 6.20 Å². The van der Waals surface area contributed by atoms with Crippen molar-refractivity contribution in [2.24, 2.45) is 0 Å². The van der Waals surface area contributed by atoms with Crippen LogP contribution in [0.1, 0.15) is 11.5 Å². The van der Waals surface area contributed by atoms with E-state index in [2.05, 4.69) is 4.98 Å². The lowest BCUT2D eigenvalue weighted by Gasteiger charge is -2.13. The summed E-state index contributed by atoms with van der Waals surface area (Å²) < 4.78 is 5.44. The third-order valence-electron chi connectivity index (χ3n) is 2.55. The average molecular weight is 243 g/mol. The van der Waals surface area contributed by atoms with Gasteiger partial charge in [-0.2, -0.15) is 0 Å².